The van der Waals surface area contributed by atoms with Gasteiger partial charge in [0.2, 0.25) is 0 Å². The van der Waals surface area contributed by atoms with Gasteiger partial charge in [0.05, 0.1) is 10.5 Å². The lowest BCUT2D eigenvalue weighted by molar-refractivity contribution is -0.384. The molecule has 0 aliphatic carbocycles. The van der Waals surface area contributed by atoms with Gasteiger partial charge in [-0.05, 0) is 24.3 Å². The zero-order valence-electron chi connectivity index (χ0n) is 9.84. The number of pyridine rings is 1. The van der Waals surface area contributed by atoms with Gasteiger partial charge in [-0.3, -0.25) is 14.9 Å². The van der Waals surface area contributed by atoms with Crippen molar-refractivity contribution >= 4 is 44.8 Å². The average Bonchev–Trinajstić information content (AvgIpc) is 2.41. The maximum absolute atomic E-state index is 12.0. The number of carbonyl (C=O) groups is 1. The number of amides is 1. The van der Waals surface area contributed by atoms with E-state index in [2.05, 4.69) is 26.2 Å². The smallest absolute Gasteiger partial charge is 0.293 e. The number of rotatable bonds is 3. The molecular weight excluding hydrogens is 350 g/mol. The van der Waals surface area contributed by atoms with Crippen LogP contribution in [0.5, 0.6) is 0 Å². The topological polar surface area (TPSA) is 85.1 Å². The van der Waals surface area contributed by atoms with Crippen molar-refractivity contribution in [2.45, 2.75) is 0 Å². The van der Waals surface area contributed by atoms with Gasteiger partial charge in [-0.1, -0.05) is 27.5 Å². The summed E-state index contributed by atoms with van der Waals surface area (Å²) < 4.78 is 0.543. The zero-order valence-corrected chi connectivity index (χ0v) is 12.2. The number of aromatic nitrogens is 1. The van der Waals surface area contributed by atoms with Crippen LogP contribution in [0, 0.1) is 10.1 Å². The third-order valence-corrected chi connectivity index (χ3v) is 3.20. The molecule has 8 heteroatoms. The van der Waals surface area contributed by atoms with Crippen LogP contribution in [0.25, 0.3) is 0 Å². The molecule has 0 fully saturated rings. The number of nitrogens with one attached hydrogen (secondary N) is 1. The predicted molar refractivity (Wildman–Crippen MR) is 78.0 cm³/mol. The first-order chi connectivity index (χ1) is 9.49. The molecule has 2 rings (SSSR count). The molecule has 1 heterocycles. The number of nitro benzene ring substituents is 1. The third-order valence-electron chi connectivity index (χ3n) is 2.41. The fourth-order valence-corrected chi connectivity index (χ4v) is 2.06. The second-order valence-electron chi connectivity index (χ2n) is 3.71. The van der Waals surface area contributed by atoms with Crippen LogP contribution in [0.2, 0.25) is 5.15 Å². The highest BCUT2D eigenvalue weighted by molar-refractivity contribution is 9.10. The van der Waals surface area contributed by atoms with Crippen molar-refractivity contribution in [1.82, 2.24) is 4.98 Å². The number of halogens is 2. The number of hydrogen-bond acceptors (Lipinski definition) is 4. The highest BCUT2D eigenvalue weighted by atomic mass is 79.9. The van der Waals surface area contributed by atoms with Crippen LogP contribution in [-0.4, -0.2) is 15.8 Å². The van der Waals surface area contributed by atoms with Crippen molar-refractivity contribution in [2.24, 2.45) is 0 Å². The van der Waals surface area contributed by atoms with Crippen molar-refractivity contribution in [3.63, 3.8) is 0 Å². The molecule has 20 heavy (non-hydrogen) atoms. The molecule has 0 unspecified atom stereocenters. The van der Waals surface area contributed by atoms with Crippen molar-refractivity contribution in [1.29, 1.82) is 0 Å². The lowest BCUT2D eigenvalue weighted by atomic mass is 10.2. The Hall–Kier alpha value is -1.99. The second-order valence-corrected chi connectivity index (χ2v) is 4.99. The minimum atomic E-state index is -0.578. The van der Waals surface area contributed by atoms with Gasteiger partial charge in [-0.15, -0.1) is 0 Å². The summed E-state index contributed by atoms with van der Waals surface area (Å²) in [6, 6.07) is 7.37. The minimum absolute atomic E-state index is 0.0322. The van der Waals surface area contributed by atoms with Gasteiger partial charge >= 0.3 is 0 Å². The predicted octanol–water partition coefficient (Wildman–Crippen LogP) is 3.66. The molecule has 2 aromatic rings. The van der Waals surface area contributed by atoms with E-state index in [-0.39, 0.29) is 22.1 Å². The largest absolute Gasteiger partial charge is 0.316 e. The lowest BCUT2D eigenvalue weighted by Crippen LogP contribution is -2.14. The Morgan fingerprint density at radius 1 is 1.40 bits per heavy atom. The van der Waals surface area contributed by atoms with Gasteiger partial charge in [0.25, 0.3) is 11.6 Å². The maximum Gasteiger partial charge on any atom is 0.293 e. The van der Waals surface area contributed by atoms with Crippen LogP contribution >= 0.6 is 27.5 Å². The fourth-order valence-electron chi connectivity index (χ4n) is 1.51. The van der Waals surface area contributed by atoms with Gasteiger partial charge in [0, 0.05) is 16.7 Å². The number of hydrogen-bond donors (Lipinski definition) is 1. The van der Waals surface area contributed by atoms with Crippen LogP contribution in [0.4, 0.5) is 11.4 Å². The molecule has 0 saturated heterocycles. The Kier molecular flexibility index (Phi) is 4.31. The van der Waals surface area contributed by atoms with Gasteiger partial charge in [0.1, 0.15) is 10.8 Å². The molecule has 0 aliphatic rings. The fraction of sp³-hybridized carbons (Fsp3) is 0. The van der Waals surface area contributed by atoms with Crippen LogP contribution in [0.1, 0.15) is 10.4 Å². The molecule has 6 nitrogen and oxygen atoms in total. The Balaban J connectivity index is 2.33. The quantitative estimate of drug-likeness (QED) is 0.516. The van der Waals surface area contributed by atoms with Gasteiger partial charge < -0.3 is 5.32 Å². The molecule has 1 N–H and O–H groups in total. The van der Waals surface area contributed by atoms with Gasteiger partial charge in [-0.2, -0.15) is 0 Å². The second kappa shape index (κ2) is 5.98. The SMILES string of the molecule is O=C(Nc1ccc(Br)cc1[N+](=O)[O-])c1cccnc1Cl. The summed E-state index contributed by atoms with van der Waals surface area (Å²) in [5.74, 6) is -0.562. The highest BCUT2D eigenvalue weighted by Gasteiger charge is 2.18. The first-order valence-corrected chi connectivity index (χ1v) is 6.52. The number of carbonyl (C=O) groups excluding carboxylic acids is 1. The van der Waals surface area contributed by atoms with E-state index in [9.17, 15) is 14.9 Å². The van der Waals surface area contributed by atoms with Crippen LogP contribution in [0.15, 0.2) is 41.0 Å². The van der Waals surface area contributed by atoms with Crippen LogP contribution < -0.4 is 5.32 Å². The molecule has 0 radical (unpaired) electrons. The molecule has 1 aromatic carbocycles. The van der Waals surface area contributed by atoms with E-state index in [4.69, 9.17) is 11.6 Å². The number of nitrogens with zero attached hydrogens (tertiary/aromatic N) is 2. The van der Waals surface area contributed by atoms with Gasteiger partial charge in [0.15, 0.2) is 0 Å². The first kappa shape index (κ1) is 14.4. The molecule has 102 valence electrons. The molecule has 0 spiro atoms. The number of anilines is 1. The van der Waals surface area contributed by atoms with E-state index in [0.29, 0.717) is 4.47 Å². The molecule has 0 saturated carbocycles. The number of benzene rings is 1. The average molecular weight is 357 g/mol. The normalized spacial score (nSPS) is 10.1. The van der Waals surface area contributed by atoms with Crippen molar-refractivity contribution in [3.05, 3.63) is 61.8 Å². The summed E-state index contributed by atoms with van der Waals surface area (Å²) in [5, 5.41) is 13.4. The summed E-state index contributed by atoms with van der Waals surface area (Å²) in [4.78, 5) is 26.2. The van der Waals surface area contributed by atoms with E-state index in [0.717, 1.165) is 0 Å². The summed E-state index contributed by atoms with van der Waals surface area (Å²) in [6.07, 6.45) is 1.45. The summed E-state index contributed by atoms with van der Waals surface area (Å²) in [7, 11) is 0. The van der Waals surface area contributed by atoms with E-state index in [1.54, 1.807) is 12.1 Å². The van der Waals surface area contributed by atoms with Gasteiger partial charge in [-0.25, -0.2) is 4.98 Å². The van der Waals surface area contributed by atoms with E-state index in [1.807, 2.05) is 0 Å². The van der Waals surface area contributed by atoms with E-state index >= 15 is 0 Å². The minimum Gasteiger partial charge on any atom is -0.316 e. The monoisotopic (exact) mass is 355 g/mol. The summed E-state index contributed by atoms with van der Waals surface area (Å²) >= 11 is 8.94. The molecular formula is C12H7BrClN3O3. The standard InChI is InChI=1S/C12H7BrClN3O3/c13-7-3-4-9(10(6-7)17(19)20)16-12(18)8-2-1-5-15-11(8)14/h1-6H,(H,16,18). The number of nitro groups is 1. The lowest BCUT2D eigenvalue weighted by Gasteiger charge is -2.07. The summed E-state index contributed by atoms with van der Waals surface area (Å²) in [5.41, 5.74) is 0.0160. The Bertz CT molecular complexity index is 693. The zero-order chi connectivity index (χ0) is 14.7. The van der Waals surface area contributed by atoms with Crippen molar-refractivity contribution in [3.8, 4) is 0 Å². The first-order valence-electron chi connectivity index (χ1n) is 5.35. The van der Waals surface area contributed by atoms with Crippen molar-refractivity contribution in [2.75, 3.05) is 5.32 Å². The Labute approximate surface area is 127 Å². The van der Waals surface area contributed by atoms with Crippen LogP contribution in [-0.2, 0) is 0 Å². The molecule has 1 aromatic heterocycles. The molecule has 0 atom stereocenters. The van der Waals surface area contributed by atoms with E-state index < -0.39 is 10.8 Å². The third kappa shape index (κ3) is 3.12. The highest BCUT2D eigenvalue weighted by Crippen LogP contribution is 2.28. The Morgan fingerprint density at radius 3 is 2.80 bits per heavy atom. The van der Waals surface area contributed by atoms with E-state index in [1.165, 1.54) is 24.4 Å². The maximum atomic E-state index is 12.0. The molecule has 0 aliphatic heterocycles. The summed E-state index contributed by atoms with van der Waals surface area (Å²) in [6.45, 7) is 0. The van der Waals surface area contributed by atoms with Crippen molar-refractivity contribution < 1.29 is 9.72 Å². The molecule has 1 amide bonds. The Morgan fingerprint density at radius 2 is 2.15 bits per heavy atom. The van der Waals surface area contributed by atoms with Crippen LogP contribution in [0.3, 0.4) is 0 Å². The molecule has 0 bridgehead atoms.